The Balaban J connectivity index is 2.54. The molecule has 0 aliphatic rings. The van der Waals surface area contributed by atoms with Gasteiger partial charge in [-0.2, -0.15) is 0 Å². The van der Waals surface area contributed by atoms with Crippen LogP contribution in [0.5, 0.6) is 0 Å². The van der Waals surface area contributed by atoms with Gasteiger partial charge in [-0.15, -0.1) is 11.3 Å². The van der Waals surface area contributed by atoms with E-state index in [9.17, 15) is 4.39 Å². The summed E-state index contributed by atoms with van der Waals surface area (Å²) < 4.78 is 16.0. The lowest BCUT2D eigenvalue weighted by molar-refractivity contribution is 0.556. The largest absolute Gasteiger partial charge is 0.306 e. The van der Waals surface area contributed by atoms with Crippen molar-refractivity contribution >= 4 is 43.2 Å². The summed E-state index contributed by atoms with van der Waals surface area (Å²) in [7, 11) is 0. The Kier molecular flexibility index (Phi) is 5.17. The summed E-state index contributed by atoms with van der Waals surface area (Å²) in [6.45, 7) is 4.86. The van der Waals surface area contributed by atoms with Crippen molar-refractivity contribution in [2.45, 2.75) is 19.9 Å². The van der Waals surface area contributed by atoms with Crippen molar-refractivity contribution in [2.75, 3.05) is 6.54 Å². The van der Waals surface area contributed by atoms with E-state index in [1.807, 2.05) is 13.0 Å². The number of nitrogens with one attached hydrogen (secondary N) is 1. The maximum atomic E-state index is 14.2. The lowest BCUT2D eigenvalue weighted by Crippen LogP contribution is -2.23. The van der Waals surface area contributed by atoms with Gasteiger partial charge >= 0.3 is 0 Å². The van der Waals surface area contributed by atoms with E-state index >= 15 is 0 Å². The van der Waals surface area contributed by atoms with E-state index in [1.54, 1.807) is 17.4 Å². The van der Waals surface area contributed by atoms with Crippen molar-refractivity contribution in [1.29, 1.82) is 0 Å². The lowest BCUT2D eigenvalue weighted by Gasteiger charge is -2.20. The molecule has 0 aliphatic heterocycles. The number of rotatable bonds is 4. The van der Waals surface area contributed by atoms with Crippen molar-refractivity contribution in [3.05, 3.63) is 54.3 Å². The van der Waals surface area contributed by atoms with E-state index < -0.39 is 0 Å². The molecule has 1 aromatic heterocycles. The minimum absolute atomic E-state index is 0.136. The fourth-order valence-electron chi connectivity index (χ4n) is 2.10. The van der Waals surface area contributed by atoms with Gasteiger partial charge in [0.05, 0.1) is 9.83 Å². The quantitative estimate of drug-likeness (QED) is 0.714. The van der Waals surface area contributed by atoms with Crippen LogP contribution in [0, 0.1) is 12.7 Å². The predicted molar refractivity (Wildman–Crippen MR) is 86.4 cm³/mol. The Hall–Kier alpha value is -0.230. The zero-order chi connectivity index (χ0) is 14.0. The minimum Gasteiger partial charge on any atom is -0.306 e. The molecule has 1 heterocycles. The zero-order valence-corrected chi connectivity index (χ0v) is 14.6. The summed E-state index contributed by atoms with van der Waals surface area (Å²) in [5.74, 6) is -0.193. The molecule has 1 nitrogen and oxygen atoms in total. The normalized spacial score (nSPS) is 12.7. The summed E-state index contributed by atoms with van der Waals surface area (Å²) in [5.41, 5.74) is 1.78. The Labute approximate surface area is 133 Å². The van der Waals surface area contributed by atoms with E-state index in [4.69, 9.17) is 0 Å². The first-order chi connectivity index (χ1) is 9.04. The molecular formula is C14H14Br2FNS. The van der Waals surface area contributed by atoms with Gasteiger partial charge in [-0.1, -0.05) is 28.9 Å². The van der Waals surface area contributed by atoms with E-state index in [-0.39, 0.29) is 11.9 Å². The summed E-state index contributed by atoms with van der Waals surface area (Å²) in [6.07, 6.45) is 0. The molecule has 0 saturated heterocycles. The van der Waals surface area contributed by atoms with Crippen molar-refractivity contribution in [3.63, 3.8) is 0 Å². The minimum atomic E-state index is -0.193. The van der Waals surface area contributed by atoms with Crippen molar-refractivity contribution < 1.29 is 4.39 Å². The average Bonchev–Trinajstić information content (AvgIpc) is 2.67. The van der Waals surface area contributed by atoms with Crippen LogP contribution in [-0.4, -0.2) is 6.54 Å². The Morgan fingerprint density at radius 3 is 2.63 bits per heavy atom. The molecule has 0 saturated carbocycles. The monoisotopic (exact) mass is 405 g/mol. The molecule has 2 rings (SSSR count). The summed E-state index contributed by atoms with van der Waals surface area (Å²) in [6, 6.07) is 7.01. The summed E-state index contributed by atoms with van der Waals surface area (Å²) in [4.78, 5) is 1.19. The highest BCUT2D eigenvalue weighted by Crippen LogP contribution is 2.37. The van der Waals surface area contributed by atoms with Gasteiger partial charge in [0.2, 0.25) is 0 Å². The van der Waals surface area contributed by atoms with Gasteiger partial charge in [-0.3, -0.25) is 0 Å². The van der Waals surface area contributed by atoms with Crippen LogP contribution in [0.25, 0.3) is 0 Å². The van der Waals surface area contributed by atoms with Crippen LogP contribution in [0.4, 0.5) is 4.39 Å². The number of benzene rings is 1. The maximum Gasteiger partial charge on any atom is 0.129 e. The van der Waals surface area contributed by atoms with Gasteiger partial charge < -0.3 is 5.32 Å². The molecule has 0 aliphatic carbocycles. The molecule has 0 fully saturated rings. The molecule has 0 amide bonds. The van der Waals surface area contributed by atoms with Gasteiger partial charge in [-0.25, -0.2) is 4.39 Å². The second-order valence-corrected chi connectivity index (χ2v) is 7.68. The van der Waals surface area contributed by atoms with Crippen LogP contribution >= 0.6 is 43.2 Å². The SMILES string of the molecule is CCNC(c1cc(Br)sc1C)c1c(F)cccc1Br. The Morgan fingerprint density at radius 2 is 2.11 bits per heavy atom. The van der Waals surface area contributed by atoms with Crippen LogP contribution in [0.1, 0.15) is 29.0 Å². The number of hydrogen-bond acceptors (Lipinski definition) is 2. The standard InChI is InChI=1S/C14H14Br2FNS/c1-3-18-14(9-7-12(16)19-8(9)2)13-10(15)5-4-6-11(13)17/h4-7,14,18H,3H2,1-2H3. The van der Waals surface area contributed by atoms with Crippen LogP contribution in [0.2, 0.25) is 0 Å². The molecule has 1 N–H and O–H groups in total. The Morgan fingerprint density at radius 1 is 1.37 bits per heavy atom. The molecule has 19 heavy (non-hydrogen) atoms. The van der Waals surface area contributed by atoms with Gasteiger partial charge in [0.25, 0.3) is 0 Å². The first-order valence-corrected chi connectivity index (χ1v) is 8.38. The third-order valence-corrected chi connectivity index (χ3v) is 5.19. The number of hydrogen-bond donors (Lipinski definition) is 1. The highest BCUT2D eigenvalue weighted by atomic mass is 79.9. The van der Waals surface area contributed by atoms with E-state index in [0.717, 1.165) is 20.4 Å². The van der Waals surface area contributed by atoms with E-state index in [1.165, 1.54) is 10.9 Å². The molecule has 0 spiro atoms. The summed E-state index contributed by atoms with van der Waals surface area (Å²) >= 11 is 8.62. The van der Waals surface area contributed by atoms with E-state index in [2.05, 4.69) is 50.2 Å². The van der Waals surface area contributed by atoms with Crippen molar-refractivity contribution in [2.24, 2.45) is 0 Å². The molecular weight excluding hydrogens is 393 g/mol. The number of aryl methyl sites for hydroxylation is 1. The molecule has 1 unspecified atom stereocenters. The lowest BCUT2D eigenvalue weighted by atomic mass is 9.99. The molecule has 0 radical (unpaired) electrons. The number of thiophene rings is 1. The van der Waals surface area contributed by atoms with Crippen molar-refractivity contribution in [3.8, 4) is 0 Å². The molecule has 2 aromatic rings. The highest BCUT2D eigenvalue weighted by molar-refractivity contribution is 9.11. The fraction of sp³-hybridized carbons (Fsp3) is 0.286. The maximum absolute atomic E-state index is 14.2. The smallest absolute Gasteiger partial charge is 0.129 e. The molecule has 1 atom stereocenters. The second-order valence-electron chi connectivity index (χ2n) is 4.19. The Bertz CT molecular complexity index is 563. The molecule has 0 bridgehead atoms. The molecule has 102 valence electrons. The van der Waals surface area contributed by atoms with Crippen LogP contribution in [0.3, 0.4) is 0 Å². The van der Waals surface area contributed by atoms with Crippen LogP contribution in [-0.2, 0) is 0 Å². The van der Waals surface area contributed by atoms with Crippen LogP contribution < -0.4 is 5.32 Å². The second kappa shape index (κ2) is 6.48. The third-order valence-electron chi connectivity index (χ3n) is 2.93. The van der Waals surface area contributed by atoms with Gasteiger partial charge in [0.1, 0.15) is 5.82 Å². The predicted octanol–water partition coefficient (Wildman–Crippen LogP) is 5.42. The van der Waals surface area contributed by atoms with Gasteiger partial charge in [0.15, 0.2) is 0 Å². The van der Waals surface area contributed by atoms with Crippen molar-refractivity contribution in [1.82, 2.24) is 5.32 Å². The zero-order valence-electron chi connectivity index (χ0n) is 10.6. The van der Waals surface area contributed by atoms with Crippen LogP contribution in [0.15, 0.2) is 32.5 Å². The van der Waals surface area contributed by atoms with Gasteiger partial charge in [0, 0.05) is 14.9 Å². The average molecular weight is 407 g/mol. The van der Waals surface area contributed by atoms with E-state index in [0.29, 0.717) is 5.56 Å². The van der Waals surface area contributed by atoms with Gasteiger partial charge in [-0.05, 0) is 53.2 Å². The molecule has 5 heteroatoms. The number of halogens is 3. The molecule has 1 aromatic carbocycles. The fourth-order valence-corrected chi connectivity index (χ4v) is 4.42. The first-order valence-electron chi connectivity index (χ1n) is 5.97. The first kappa shape index (κ1) is 15.2. The topological polar surface area (TPSA) is 12.0 Å². The highest BCUT2D eigenvalue weighted by Gasteiger charge is 2.22. The summed E-state index contributed by atoms with van der Waals surface area (Å²) in [5, 5.41) is 3.37. The third kappa shape index (κ3) is 3.27.